The van der Waals surface area contributed by atoms with Crippen molar-refractivity contribution in [3.05, 3.63) is 35.9 Å². The Balaban J connectivity index is 1.77. The molecule has 21 heavy (non-hydrogen) atoms. The quantitative estimate of drug-likeness (QED) is 0.789. The van der Waals surface area contributed by atoms with Gasteiger partial charge < -0.3 is 5.11 Å². The summed E-state index contributed by atoms with van der Waals surface area (Å²) < 4.78 is 0. The first kappa shape index (κ1) is 13.8. The van der Waals surface area contributed by atoms with Gasteiger partial charge in [0.05, 0.1) is 5.60 Å². The summed E-state index contributed by atoms with van der Waals surface area (Å²) in [5.74, 6) is 1.78. The molecule has 114 valence electrons. The third kappa shape index (κ3) is 1.73. The lowest BCUT2D eigenvalue weighted by Crippen LogP contribution is -2.62. The van der Waals surface area contributed by atoms with Crippen molar-refractivity contribution in [2.24, 2.45) is 28.6 Å². The lowest BCUT2D eigenvalue weighted by Gasteiger charge is -2.67. The molecular formula is C20H28O. The van der Waals surface area contributed by atoms with Crippen LogP contribution in [0.15, 0.2) is 30.3 Å². The normalized spacial score (nSPS) is 45.0. The standard InChI is InChI=1S/C20H28O/c1-18(2,3)19-11-14-9-16(12-19)20(21,17(10-14)13-19)15-7-5-4-6-8-15/h4-8,14,16-17,21H,9-13H2,1-3H3. The molecule has 0 aliphatic heterocycles. The molecule has 0 amide bonds. The Hall–Kier alpha value is -0.820. The van der Waals surface area contributed by atoms with Gasteiger partial charge in [-0.15, -0.1) is 0 Å². The first-order chi connectivity index (χ1) is 9.85. The highest BCUT2D eigenvalue weighted by Crippen LogP contribution is 2.70. The Morgan fingerprint density at radius 1 is 0.952 bits per heavy atom. The maximum atomic E-state index is 11.6. The molecule has 1 aromatic rings. The molecule has 1 aromatic carbocycles. The van der Waals surface area contributed by atoms with E-state index in [4.69, 9.17) is 0 Å². The third-order valence-corrected chi connectivity index (χ3v) is 7.26. The summed E-state index contributed by atoms with van der Waals surface area (Å²) in [4.78, 5) is 0. The molecule has 2 unspecified atom stereocenters. The van der Waals surface area contributed by atoms with E-state index in [0.717, 1.165) is 5.92 Å². The molecule has 1 nitrogen and oxygen atoms in total. The molecule has 4 aliphatic carbocycles. The van der Waals surface area contributed by atoms with E-state index in [0.29, 0.717) is 22.7 Å². The lowest BCUT2D eigenvalue weighted by molar-refractivity contribution is -0.230. The van der Waals surface area contributed by atoms with E-state index in [1.54, 1.807) is 0 Å². The predicted octanol–water partition coefficient (Wildman–Crippen LogP) is 4.75. The maximum absolute atomic E-state index is 11.6. The minimum atomic E-state index is -0.563. The van der Waals surface area contributed by atoms with Crippen molar-refractivity contribution in [1.29, 1.82) is 0 Å². The average Bonchev–Trinajstić information content (AvgIpc) is 2.43. The Bertz CT molecular complexity index is 523. The van der Waals surface area contributed by atoms with E-state index >= 15 is 0 Å². The second kappa shape index (κ2) is 4.13. The summed E-state index contributed by atoms with van der Waals surface area (Å²) in [7, 11) is 0. The fraction of sp³-hybridized carbons (Fsp3) is 0.700. The molecule has 4 bridgehead atoms. The molecule has 1 heteroatoms. The second-order valence-corrected chi connectivity index (χ2v) is 9.07. The molecule has 5 rings (SSSR count). The van der Waals surface area contributed by atoms with E-state index in [-0.39, 0.29) is 0 Å². The van der Waals surface area contributed by atoms with Gasteiger partial charge in [0, 0.05) is 0 Å². The zero-order chi connectivity index (χ0) is 14.9. The molecule has 1 N–H and O–H groups in total. The molecule has 2 atom stereocenters. The summed E-state index contributed by atoms with van der Waals surface area (Å²) in [5.41, 5.74) is 1.43. The van der Waals surface area contributed by atoms with Crippen LogP contribution in [-0.4, -0.2) is 5.11 Å². The number of aliphatic hydroxyl groups is 1. The first-order valence-corrected chi connectivity index (χ1v) is 8.63. The zero-order valence-corrected chi connectivity index (χ0v) is 13.6. The summed E-state index contributed by atoms with van der Waals surface area (Å²) >= 11 is 0. The monoisotopic (exact) mass is 284 g/mol. The van der Waals surface area contributed by atoms with Gasteiger partial charge in [-0.3, -0.25) is 0 Å². The molecule has 0 heterocycles. The molecular weight excluding hydrogens is 256 g/mol. The Labute approximate surface area is 128 Å². The van der Waals surface area contributed by atoms with E-state index in [2.05, 4.69) is 51.1 Å². The lowest BCUT2D eigenvalue weighted by atomic mass is 9.39. The fourth-order valence-corrected chi connectivity index (χ4v) is 6.08. The second-order valence-electron chi connectivity index (χ2n) is 9.07. The van der Waals surface area contributed by atoms with Crippen LogP contribution < -0.4 is 0 Å². The summed E-state index contributed by atoms with van der Waals surface area (Å²) in [6, 6.07) is 10.5. The van der Waals surface area contributed by atoms with Gasteiger partial charge >= 0.3 is 0 Å². The maximum Gasteiger partial charge on any atom is 0.0953 e. The van der Waals surface area contributed by atoms with Crippen molar-refractivity contribution in [2.45, 2.75) is 58.5 Å². The van der Waals surface area contributed by atoms with Gasteiger partial charge in [-0.2, -0.15) is 0 Å². The third-order valence-electron chi connectivity index (χ3n) is 7.26. The fourth-order valence-electron chi connectivity index (χ4n) is 6.08. The number of benzene rings is 1. The topological polar surface area (TPSA) is 20.2 Å². The summed E-state index contributed by atoms with van der Waals surface area (Å²) in [6.07, 6.45) is 6.30. The van der Waals surface area contributed by atoms with Crippen LogP contribution in [0.1, 0.15) is 58.4 Å². The van der Waals surface area contributed by atoms with Gasteiger partial charge in [-0.05, 0) is 66.3 Å². The molecule has 0 aromatic heterocycles. The van der Waals surface area contributed by atoms with Crippen LogP contribution in [0.3, 0.4) is 0 Å². The van der Waals surface area contributed by atoms with Crippen LogP contribution in [0, 0.1) is 28.6 Å². The van der Waals surface area contributed by atoms with E-state index in [9.17, 15) is 5.11 Å². The summed E-state index contributed by atoms with van der Waals surface area (Å²) in [6.45, 7) is 7.26. The average molecular weight is 284 g/mol. The van der Waals surface area contributed by atoms with E-state index in [1.807, 2.05) is 0 Å². The van der Waals surface area contributed by atoms with Crippen molar-refractivity contribution < 1.29 is 5.11 Å². The van der Waals surface area contributed by atoms with Crippen LogP contribution in [0.4, 0.5) is 0 Å². The van der Waals surface area contributed by atoms with Crippen LogP contribution >= 0.6 is 0 Å². The van der Waals surface area contributed by atoms with Crippen molar-refractivity contribution in [3.8, 4) is 0 Å². The Morgan fingerprint density at radius 2 is 1.52 bits per heavy atom. The van der Waals surface area contributed by atoms with Crippen LogP contribution in [0.5, 0.6) is 0 Å². The molecule has 4 aliphatic rings. The number of hydrogen-bond acceptors (Lipinski definition) is 1. The van der Waals surface area contributed by atoms with E-state index in [1.165, 1.54) is 37.7 Å². The first-order valence-electron chi connectivity index (χ1n) is 8.63. The van der Waals surface area contributed by atoms with Crippen molar-refractivity contribution in [2.75, 3.05) is 0 Å². The molecule has 0 radical (unpaired) electrons. The largest absolute Gasteiger partial charge is 0.385 e. The molecule has 4 saturated carbocycles. The zero-order valence-electron chi connectivity index (χ0n) is 13.6. The minimum Gasteiger partial charge on any atom is -0.385 e. The van der Waals surface area contributed by atoms with Crippen molar-refractivity contribution >= 4 is 0 Å². The van der Waals surface area contributed by atoms with Gasteiger partial charge in [0.1, 0.15) is 0 Å². The van der Waals surface area contributed by atoms with Gasteiger partial charge in [-0.1, -0.05) is 51.1 Å². The number of hydrogen-bond donors (Lipinski definition) is 1. The SMILES string of the molecule is CC(C)(C)C12CC3CC(C1)C(O)(c1ccccc1)C(C3)C2. The molecule has 4 fully saturated rings. The molecule has 0 spiro atoms. The number of rotatable bonds is 1. The van der Waals surface area contributed by atoms with Gasteiger partial charge in [0.25, 0.3) is 0 Å². The minimum absolute atomic E-state index is 0.362. The van der Waals surface area contributed by atoms with Crippen molar-refractivity contribution in [1.82, 2.24) is 0 Å². The smallest absolute Gasteiger partial charge is 0.0953 e. The predicted molar refractivity (Wildman–Crippen MR) is 85.8 cm³/mol. The van der Waals surface area contributed by atoms with Crippen LogP contribution in [-0.2, 0) is 5.60 Å². The van der Waals surface area contributed by atoms with Gasteiger partial charge in [-0.25, -0.2) is 0 Å². The van der Waals surface area contributed by atoms with Crippen LogP contribution in [0.25, 0.3) is 0 Å². The highest BCUT2D eigenvalue weighted by Gasteiger charge is 2.64. The van der Waals surface area contributed by atoms with Gasteiger partial charge in [0.15, 0.2) is 0 Å². The highest BCUT2D eigenvalue weighted by molar-refractivity contribution is 5.29. The van der Waals surface area contributed by atoms with E-state index < -0.39 is 5.60 Å². The molecule has 0 saturated heterocycles. The van der Waals surface area contributed by atoms with Crippen molar-refractivity contribution in [3.63, 3.8) is 0 Å². The summed E-state index contributed by atoms with van der Waals surface area (Å²) in [5, 5.41) is 11.6. The Morgan fingerprint density at radius 3 is 2.05 bits per heavy atom. The highest BCUT2D eigenvalue weighted by atomic mass is 16.3. The Kier molecular flexibility index (Phi) is 2.72. The van der Waals surface area contributed by atoms with Crippen LogP contribution in [0.2, 0.25) is 0 Å². The van der Waals surface area contributed by atoms with Gasteiger partial charge in [0.2, 0.25) is 0 Å².